The number of ether oxygens (including phenoxy) is 1. The fourth-order valence-corrected chi connectivity index (χ4v) is 2.21. The minimum absolute atomic E-state index is 0.0871. The Morgan fingerprint density at radius 1 is 1.47 bits per heavy atom. The third-order valence-electron chi connectivity index (χ3n) is 3.19. The lowest BCUT2D eigenvalue weighted by molar-refractivity contribution is 0.0000240. The van der Waals surface area contributed by atoms with Gasteiger partial charge in [0.15, 0.2) is 0 Å². The first-order chi connectivity index (χ1) is 8.78. The van der Waals surface area contributed by atoms with Crippen molar-refractivity contribution in [2.24, 2.45) is 5.92 Å². The van der Waals surface area contributed by atoms with Crippen LogP contribution >= 0.6 is 0 Å². The Kier molecular flexibility index (Phi) is 3.52. The maximum absolute atomic E-state index is 12.3. The van der Waals surface area contributed by atoms with Crippen LogP contribution in [0.4, 0.5) is 4.79 Å². The summed E-state index contributed by atoms with van der Waals surface area (Å²) >= 11 is 0. The molecule has 6 heteroatoms. The monoisotopic (exact) mass is 266 g/mol. The number of nitrogens with zero attached hydrogens (tertiary/aromatic N) is 4. The number of aromatic nitrogens is 3. The van der Waals surface area contributed by atoms with E-state index in [0.717, 1.165) is 5.69 Å². The fraction of sp³-hybridized carbons (Fsp3) is 0.769. The van der Waals surface area contributed by atoms with E-state index in [4.69, 9.17) is 4.74 Å². The van der Waals surface area contributed by atoms with Gasteiger partial charge in [0.25, 0.3) is 0 Å². The van der Waals surface area contributed by atoms with E-state index in [-0.39, 0.29) is 12.1 Å². The van der Waals surface area contributed by atoms with Crippen molar-refractivity contribution in [1.29, 1.82) is 0 Å². The summed E-state index contributed by atoms with van der Waals surface area (Å²) in [7, 11) is 0. The number of hydrogen-bond donors (Lipinski definition) is 0. The van der Waals surface area contributed by atoms with E-state index >= 15 is 0 Å². The van der Waals surface area contributed by atoms with Crippen molar-refractivity contribution in [3.63, 3.8) is 0 Å². The Bertz CT molecular complexity index is 461. The molecular formula is C13H22N4O2. The van der Waals surface area contributed by atoms with E-state index in [1.165, 1.54) is 0 Å². The summed E-state index contributed by atoms with van der Waals surface area (Å²) in [5, 5.41) is 7.95. The molecule has 2 rings (SSSR count). The molecule has 1 amide bonds. The molecule has 0 saturated heterocycles. The summed E-state index contributed by atoms with van der Waals surface area (Å²) in [6.07, 6.45) is 1.44. The molecule has 1 aromatic heterocycles. The van der Waals surface area contributed by atoms with Gasteiger partial charge in [0.05, 0.1) is 31.0 Å². The molecule has 0 saturated carbocycles. The highest BCUT2D eigenvalue weighted by atomic mass is 16.6. The van der Waals surface area contributed by atoms with Crippen LogP contribution in [-0.4, -0.2) is 37.6 Å². The molecule has 6 nitrogen and oxygen atoms in total. The molecular weight excluding hydrogens is 244 g/mol. The molecule has 0 spiro atoms. The third kappa shape index (κ3) is 3.05. The largest absolute Gasteiger partial charge is 0.444 e. The van der Waals surface area contributed by atoms with Gasteiger partial charge in [-0.2, -0.15) is 0 Å². The minimum Gasteiger partial charge on any atom is -0.444 e. The Hall–Kier alpha value is -1.59. The Labute approximate surface area is 113 Å². The molecule has 0 aliphatic carbocycles. The van der Waals surface area contributed by atoms with Crippen LogP contribution in [0, 0.1) is 5.92 Å². The van der Waals surface area contributed by atoms with Crippen LogP contribution in [0.3, 0.4) is 0 Å². The number of rotatable bonds is 1. The summed E-state index contributed by atoms with van der Waals surface area (Å²) in [5.41, 5.74) is 0.469. The second-order valence-electron chi connectivity index (χ2n) is 6.33. The number of fused-ring (bicyclic) bond motifs is 1. The number of amides is 1. The highest BCUT2D eigenvalue weighted by Crippen LogP contribution is 2.24. The standard InChI is InChI=1S/C13H22N4O2/c1-9(2)11-8-17-10(6-14-15-17)7-16(11)12(18)19-13(3,4)5/h6,9,11H,7-8H2,1-5H3/t11-/m1/s1. The Morgan fingerprint density at radius 2 is 2.16 bits per heavy atom. The van der Waals surface area contributed by atoms with Gasteiger partial charge in [0, 0.05) is 0 Å². The van der Waals surface area contributed by atoms with Crippen molar-refractivity contribution in [3.8, 4) is 0 Å². The van der Waals surface area contributed by atoms with E-state index in [0.29, 0.717) is 19.0 Å². The smallest absolute Gasteiger partial charge is 0.410 e. The molecule has 0 radical (unpaired) electrons. The van der Waals surface area contributed by atoms with Crippen molar-refractivity contribution in [1.82, 2.24) is 19.9 Å². The van der Waals surface area contributed by atoms with Gasteiger partial charge in [-0.25, -0.2) is 9.48 Å². The summed E-state index contributed by atoms with van der Waals surface area (Å²) < 4.78 is 7.35. The van der Waals surface area contributed by atoms with Crippen LogP contribution in [0.1, 0.15) is 40.3 Å². The van der Waals surface area contributed by atoms with Gasteiger partial charge < -0.3 is 4.74 Å². The second kappa shape index (κ2) is 4.83. The predicted molar refractivity (Wildman–Crippen MR) is 70.4 cm³/mol. The van der Waals surface area contributed by atoms with Crippen LogP contribution < -0.4 is 0 Å². The first-order valence-electron chi connectivity index (χ1n) is 6.65. The van der Waals surface area contributed by atoms with E-state index in [9.17, 15) is 4.79 Å². The molecule has 1 atom stereocenters. The normalized spacial score (nSPS) is 19.5. The van der Waals surface area contributed by atoms with Crippen LogP contribution in [0.25, 0.3) is 0 Å². The van der Waals surface area contributed by atoms with E-state index in [1.54, 1.807) is 11.1 Å². The molecule has 1 aliphatic rings. The zero-order chi connectivity index (χ0) is 14.2. The van der Waals surface area contributed by atoms with Crippen LogP contribution in [0.5, 0.6) is 0 Å². The number of carbonyl (C=O) groups excluding carboxylic acids is 1. The lowest BCUT2D eigenvalue weighted by Gasteiger charge is -2.38. The van der Waals surface area contributed by atoms with Crippen molar-refractivity contribution in [2.75, 3.05) is 0 Å². The average molecular weight is 266 g/mol. The molecule has 0 aromatic carbocycles. The van der Waals surface area contributed by atoms with Crippen LogP contribution in [0.2, 0.25) is 0 Å². The van der Waals surface area contributed by atoms with Crippen molar-refractivity contribution in [2.45, 2.75) is 59.4 Å². The first kappa shape index (κ1) is 13.8. The molecule has 106 valence electrons. The molecule has 0 bridgehead atoms. The third-order valence-corrected chi connectivity index (χ3v) is 3.19. The highest BCUT2D eigenvalue weighted by Gasteiger charge is 2.35. The number of hydrogen-bond acceptors (Lipinski definition) is 4. The van der Waals surface area contributed by atoms with Gasteiger partial charge in [-0.3, -0.25) is 4.90 Å². The van der Waals surface area contributed by atoms with Gasteiger partial charge in [0.2, 0.25) is 0 Å². The van der Waals surface area contributed by atoms with Gasteiger partial charge in [-0.05, 0) is 26.7 Å². The van der Waals surface area contributed by atoms with Crippen molar-refractivity contribution < 1.29 is 9.53 Å². The Balaban J connectivity index is 2.20. The zero-order valence-corrected chi connectivity index (χ0v) is 12.3. The molecule has 2 heterocycles. The number of carbonyl (C=O) groups is 1. The maximum atomic E-state index is 12.3. The quantitative estimate of drug-likeness (QED) is 0.780. The first-order valence-corrected chi connectivity index (χ1v) is 6.65. The van der Waals surface area contributed by atoms with Crippen LogP contribution in [0.15, 0.2) is 6.20 Å². The van der Waals surface area contributed by atoms with Gasteiger partial charge in [-0.15, -0.1) is 5.10 Å². The molecule has 19 heavy (non-hydrogen) atoms. The average Bonchev–Trinajstić information content (AvgIpc) is 2.71. The molecule has 0 N–H and O–H groups in total. The summed E-state index contributed by atoms with van der Waals surface area (Å²) in [6, 6.07) is 0.0871. The molecule has 1 aromatic rings. The van der Waals surface area contributed by atoms with Crippen molar-refractivity contribution >= 4 is 6.09 Å². The Morgan fingerprint density at radius 3 is 2.74 bits per heavy atom. The van der Waals surface area contributed by atoms with E-state index in [1.807, 2.05) is 25.5 Å². The molecule has 1 aliphatic heterocycles. The maximum Gasteiger partial charge on any atom is 0.410 e. The highest BCUT2D eigenvalue weighted by molar-refractivity contribution is 5.68. The summed E-state index contributed by atoms with van der Waals surface area (Å²) in [5.74, 6) is 0.338. The lowest BCUT2D eigenvalue weighted by Crippen LogP contribution is -2.50. The van der Waals surface area contributed by atoms with E-state index < -0.39 is 5.60 Å². The summed E-state index contributed by atoms with van der Waals surface area (Å²) in [4.78, 5) is 14.1. The minimum atomic E-state index is -0.478. The predicted octanol–water partition coefficient (Wildman–Crippen LogP) is 2.05. The van der Waals surface area contributed by atoms with Crippen LogP contribution in [-0.2, 0) is 17.8 Å². The summed E-state index contributed by atoms with van der Waals surface area (Å²) in [6.45, 7) is 11.0. The van der Waals surface area contributed by atoms with Gasteiger partial charge in [0.1, 0.15) is 5.60 Å². The molecule has 0 fully saturated rings. The van der Waals surface area contributed by atoms with Gasteiger partial charge >= 0.3 is 6.09 Å². The van der Waals surface area contributed by atoms with Crippen molar-refractivity contribution in [3.05, 3.63) is 11.9 Å². The SMILES string of the molecule is CC(C)[C@H]1Cn2nncc2CN1C(=O)OC(C)(C)C. The lowest BCUT2D eigenvalue weighted by atomic mass is 10.0. The second-order valence-corrected chi connectivity index (χ2v) is 6.33. The topological polar surface area (TPSA) is 60.2 Å². The fourth-order valence-electron chi connectivity index (χ4n) is 2.21. The van der Waals surface area contributed by atoms with Gasteiger partial charge in [-0.1, -0.05) is 19.1 Å². The zero-order valence-electron chi connectivity index (χ0n) is 12.3. The molecule has 0 unspecified atom stereocenters. The van der Waals surface area contributed by atoms with E-state index in [2.05, 4.69) is 24.2 Å².